The Balaban J connectivity index is 1.71. The highest BCUT2D eigenvalue weighted by Gasteiger charge is 2.22. The van der Waals surface area contributed by atoms with Gasteiger partial charge in [0, 0.05) is 23.0 Å². The number of carbonyl (C=O) groups excluding carboxylic acids is 1. The predicted octanol–water partition coefficient (Wildman–Crippen LogP) is 2.67. The number of aromatic nitrogens is 1. The zero-order valence-corrected chi connectivity index (χ0v) is 12.1. The van der Waals surface area contributed by atoms with E-state index in [0.29, 0.717) is 12.2 Å². The number of carbonyl (C=O) groups is 1. The smallest absolute Gasteiger partial charge is 0.338 e. The Morgan fingerprint density at radius 3 is 2.77 bits per heavy atom. The van der Waals surface area contributed by atoms with E-state index in [-0.39, 0.29) is 11.5 Å². The number of anilines is 2. The monoisotopic (exact) mass is 296 g/mol. The van der Waals surface area contributed by atoms with Crippen molar-refractivity contribution in [2.24, 2.45) is 0 Å². The van der Waals surface area contributed by atoms with Crippen molar-refractivity contribution in [3.05, 3.63) is 57.0 Å². The first kappa shape index (κ1) is 13.1. The number of hydrogen-bond donors (Lipinski definition) is 2. The third kappa shape index (κ3) is 2.09. The van der Waals surface area contributed by atoms with Gasteiger partial charge in [-0.1, -0.05) is 6.07 Å². The van der Waals surface area contributed by atoms with E-state index in [1.807, 2.05) is 18.2 Å². The maximum Gasteiger partial charge on any atom is 0.338 e. The molecule has 2 heterocycles. The van der Waals surface area contributed by atoms with E-state index in [1.165, 1.54) is 0 Å². The summed E-state index contributed by atoms with van der Waals surface area (Å²) in [5, 5.41) is 3.33. The molecule has 2 N–H and O–H groups in total. The summed E-state index contributed by atoms with van der Waals surface area (Å²) in [6, 6.07) is 5.65. The second-order valence-electron chi connectivity index (χ2n) is 5.77. The van der Waals surface area contributed by atoms with Crippen molar-refractivity contribution in [2.75, 3.05) is 5.32 Å². The summed E-state index contributed by atoms with van der Waals surface area (Å²) in [5.41, 5.74) is 5.27. The van der Waals surface area contributed by atoms with E-state index in [2.05, 4.69) is 10.3 Å². The number of hydrogen-bond acceptors (Lipinski definition) is 4. The molecule has 0 fully saturated rings. The van der Waals surface area contributed by atoms with Crippen molar-refractivity contribution >= 4 is 17.3 Å². The van der Waals surface area contributed by atoms with Gasteiger partial charge in [-0.3, -0.25) is 4.79 Å². The average Bonchev–Trinajstić information content (AvgIpc) is 2.91. The Hall–Kier alpha value is -2.56. The molecule has 1 aliphatic carbocycles. The molecule has 1 aromatic heterocycles. The molecule has 0 unspecified atom stereocenters. The summed E-state index contributed by atoms with van der Waals surface area (Å²) < 4.78 is 5.02. The summed E-state index contributed by atoms with van der Waals surface area (Å²) in [6.07, 6.45) is 5.62. The quantitative estimate of drug-likeness (QED) is 0.836. The van der Waals surface area contributed by atoms with Gasteiger partial charge in [0.2, 0.25) is 0 Å². The van der Waals surface area contributed by atoms with Gasteiger partial charge in [-0.2, -0.15) is 0 Å². The molecule has 2 aliphatic rings. The molecule has 4 rings (SSSR count). The Morgan fingerprint density at radius 2 is 1.91 bits per heavy atom. The number of cyclic esters (lactones) is 1. The summed E-state index contributed by atoms with van der Waals surface area (Å²) in [5.74, 6) is -0.276. The minimum Gasteiger partial charge on any atom is -0.457 e. The van der Waals surface area contributed by atoms with Gasteiger partial charge in [0.25, 0.3) is 5.56 Å². The lowest BCUT2D eigenvalue weighted by atomic mass is 9.92. The molecular weight excluding hydrogens is 280 g/mol. The lowest BCUT2D eigenvalue weighted by Crippen LogP contribution is -2.20. The van der Waals surface area contributed by atoms with E-state index in [0.717, 1.165) is 53.7 Å². The van der Waals surface area contributed by atoms with E-state index in [4.69, 9.17) is 4.74 Å². The number of aromatic amines is 1. The lowest BCUT2D eigenvalue weighted by Gasteiger charge is -2.19. The standard InChI is InChI=1S/C17H16N2O3/c20-16-13-4-2-1-3-12(13)15(8-18-16)19-11-6-5-10-9-22-17(21)14(10)7-11/h5-8,19H,1-4,9H2,(H,18,20). The third-order valence-corrected chi connectivity index (χ3v) is 4.38. The molecule has 0 amide bonds. The van der Waals surface area contributed by atoms with Crippen LogP contribution in [-0.2, 0) is 24.2 Å². The van der Waals surface area contributed by atoms with Crippen LogP contribution in [0.15, 0.2) is 29.2 Å². The lowest BCUT2D eigenvalue weighted by molar-refractivity contribution is 0.0535. The van der Waals surface area contributed by atoms with E-state index < -0.39 is 0 Å². The highest BCUT2D eigenvalue weighted by Crippen LogP contribution is 2.29. The van der Waals surface area contributed by atoms with Crippen LogP contribution in [0.3, 0.4) is 0 Å². The van der Waals surface area contributed by atoms with Crippen LogP contribution < -0.4 is 10.9 Å². The molecule has 0 spiro atoms. The molecule has 0 saturated carbocycles. The molecule has 2 aromatic rings. The normalized spacial score (nSPS) is 15.9. The van der Waals surface area contributed by atoms with Gasteiger partial charge in [0.15, 0.2) is 0 Å². The van der Waals surface area contributed by atoms with Crippen LogP contribution in [0.5, 0.6) is 0 Å². The molecule has 5 nitrogen and oxygen atoms in total. The zero-order chi connectivity index (χ0) is 15.1. The maximum absolute atomic E-state index is 11.9. The fraction of sp³-hybridized carbons (Fsp3) is 0.294. The van der Waals surface area contributed by atoms with Gasteiger partial charge in [-0.25, -0.2) is 4.79 Å². The first-order chi connectivity index (χ1) is 10.7. The molecule has 1 aromatic carbocycles. The largest absolute Gasteiger partial charge is 0.457 e. The van der Waals surface area contributed by atoms with Crippen molar-refractivity contribution in [3.8, 4) is 0 Å². The first-order valence-corrected chi connectivity index (χ1v) is 7.53. The summed E-state index contributed by atoms with van der Waals surface area (Å²) in [6.45, 7) is 0.350. The molecule has 1 aliphatic heterocycles. The second-order valence-corrected chi connectivity index (χ2v) is 5.77. The van der Waals surface area contributed by atoms with Gasteiger partial charge in [0.1, 0.15) is 6.61 Å². The third-order valence-electron chi connectivity index (χ3n) is 4.38. The molecule has 0 radical (unpaired) electrons. The van der Waals surface area contributed by atoms with Crippen molar-refractivity contribution < 1.29 is 9.53 Å². The van der Waals surface area contributed by atoms with Crippen LogP contribution in [0.25, 0.3) is 0 Å². The molecule has 0 saturated heterocycles. The number of esters is 1. The van der Waals surface area contributed by atoms with E-state index in [9.17, 15) is 9.59 Å². The molecule has 5 heteroatoms. The maximum atomic E-state index is 11.9. The summed E-state index contributed by atoms with van der Waals surface area (Å²) >= 11 is 0. The SMILES string of the molecule is O=C1OCc2ccc(Nc3c[nH]c(=O)c4c3CCCC4)cc21. The highest BCUT2D eigenvalue weighted by atomic mass is 16.5. The van der Waals surface area contributed by atoms with Gasteiger partial charge in [-0.05, 0) is 43.4 Å². The minimum absolute atomic E-state index is 0.0118. The number of ether oxygens (including phenoxy) is 1. The predicted molar refractivity (Wildman–Crippen MR) is 82.5 cm³/mol. The van der Waals surface area contributed by atoms with Crippen molar-refractivity contribution in [1.82, 2.24) is 4.98 Å². The van der Waals surface area contributed by atoms with Crippen LogP contribution in [0.4, 0.5) is 11.4 Å². The van der Waals surface area contributed by atoms with Crippen LogP contribution in [-0.4, -0.2) is 11.0 Å². The molecular formula is C17H16N2O3. The number of fused-ring (bicyclic) bond motifs is 2. The van der Waals surface area contributed by atoms with Crippen LogP contribution in [0, 0.1) is 0 Å². The first-order valence-electron chi connectivity index (χ1n) is 7.53. The van der Waals surface area contributed by atoms with Crippen LogP contribution >= 0.6 is 0 Å². The number of H-pyrrole nitrogens is 1. The average molecular weight is 296 g/mol. The Morgan fingerprint density at radius 1 is 1.09 bits per heavy atom. The van der Waals surface area contributed by atoms with Crippen molar-refractivity contribution in [2.45, 2.75) is 32.3 Å². The summed E-state index contributed by atoms with van der Waals surface area (Å²) in [7, 11) is 0. The fourth-order valence-electron chi connectivity index (χ4n) is 3.22. The second kappa shape index (κ2) is 5.02. The number of rotatable bonds is 2. The van der Waals surface area contributed by atoms with Gasteiger partial charge >= 0.3 is 5.97 Å². The molecule has 22 heavy (non-hydrogen) atoms. The summed E-state index contributed by atoms with van der Waals surface area (Å²) in [4.78, 5) is 26.4. The van der Waals surface area contributed by atoms with E-state index >= 15 is 0 Å². The zero-order valence-electron chi connectivity index (χ0n) is 12.1. The fourth-order valence-corrected chi connectivity index (χ4v) is 3.22. The molecule has 112 valence electrons. The van der Waals surface area contributed by atoms with Gasteiger partial charge in [-0.15, -0.1) is 0 Å². The Labute approximate surface area is 127 Å². The number of pyridine rings is 1. The van der Waals surface area contributed by atoms with Gasteiger partial charge in [0.05, 0.1) is 11.3 Å². The Kier molecular flexibility index (Phi) is 2.99. The minimum atomic E-state index is -0.276. The van der Waals surface area contributed by atoms with Gasteiger partial charge < -0.3 is 15.0 Å². The molecule has 0 bridgehead atoms. The highest BCUT2D eigenvalue weighted by molar-refractivity contribution is 5.94. The Bertz CT molecular complexity index is 823. The van der Waals surface area contributed by atoms with Crippen molar-refractivity contribution in [3.63, 3.8) is 0 Å². The van der Waals surface area contributed by atoms with Crippen LogP contribution in [0.2, 0.25) is 0 Å². The topological polar surface area (TPSA) is 71.2 Å². The number of benzene rings is 1. The number of nitrogens with one attached hydrogen (secondary N) is 2. The van der Waals surface area contributed by atoms with Crippen molar-refractivity contribution in [1.29, 1.82) is 0 Å². The van der Waals surface area contributed by atoms with Crippen LogP contribution in [0.1, 0.15) is 39.9 Å². The molecule has 0 atom stereocenters. The van der Waals surface area contributed by atoms with E-state index in [1.54, 1.807) is 6.20 Å².